The molecule has 1 atom stereocenters. The van der Waals surface area contributed by atoms with Gasteiger partial charge < -0.3 is 14.6 Å². The molecule has 0 amide bonds. The number of hydrogen-bond acceptors (Lipinski definition) is 5. The van der Waals surface area contributed by atoms with E-state index in [1.54, 1.807) is 0 Å². The number of ether oxygens (including phenoxy) is 2. The summed E-state index contributed by atoms with van der Waals surface area (Å²) < 4.78 is 9.75. The summed E-state index contributed by atoms with van der Waals surface area (Å²) in [4.78, 5) is 20.7. The van der Waals surface area contributed by atoms with E-state index in [1.165, 1.54) is 25.3 Å². The molecule has 0 fully saturated rings. The fraction of sp³-hybridized carbons (Fsp3) is 0.300. The van der Waals surface area contributed by atoms with Crippen LogP contribution in [0.15, 0.2) is 24.3 Å². The number of rotatable bonds is 6. The number of aliphatic carboxylic acids is 1. The van der Waals surface area contributed by atoms with Crippen molar-refractivity contribution in [2.24, 2.45) is 0 Å². The fourth-order valence-corrected chi connectivity index (χ4v) is 1.14. The molecule has 92 valence electrons. The second kappa shape index (κ2) is 5.80. The number of benzene rings is 1. The number of nitro benzene ring substituents is 1. The summed E-state index contributed by atoms with van der Waals surface area (Å²) in [6.45, 7) is -0.141. The Bertz CT molecular complexity index is 419. The van der Waals surface area contributed by atoms with Crippen LogP contribution in [0.2, 0.25) is 0 Å². The van der Waals surface area contributed by atoms with Crippen LogP contribution in [-0.4, -0.2) is 35.8 Å². The van der Waals surface area contributed by atoms with Crippen molar-refractivity contribution in [3.63, 3.8) is 0 Å². The maximum atomic E-state index is 10.8. The van der Waals surface area contributed by atoms with E-state index < -0.39 is 17.0 Å². The molecule has 0 saturated carbocycles. The first-order valence-electron chi connectivity index (χ1n) is 4.67. The third kappa shape index (κ3) is 3.72. The van der Waals surface area contributed by atoms with Crippen LogP contribution in [0.25, 0.3) is 0 Å². The third-order valence-corrected chi connectivity index (χ3v) is 1.90. The van der Waals surface area contributed by atoms with E-state index in [1.807, 2.05) is 0 Å². The Morgan fingerprint density at radius 1 is 1.59 bits per heavy atom. The first-order valence-corrected chi connectivity index (χ1v) is 4.67. The highest BCUT2D eigenvalue weighted by Crippen LogP contribution is 2.20. The summed E-state index contributed by atoms with van der Waals surface area (Å²) in [5.41, 5.74) is -0.163. The van der Waals surface area contributed by atoms with Gasteiger partial charge in [0.25, 0.3) is 5.69 Å². The zero-order valence-electron chi connectivity index (χ0n) is 9.03. The van der Waals surface area contributed by atoms with Crippen LogP contribution < -0.4 is 4.74 Å². The van der Waals surface area contributed by atoms with Crippen molar-refractivity contribution in [2.75, 3.05) is 13.7 Å². The van der Waals surface area contributed by atoms with E-state index in [0.717, 1.165) is 6.07 Å². The van der Waals surface area contributed by atoms with Crippen LogP contribution >= 0.6 is 0 Å². The molecule has 0 spiro atoms. The fourth-order valence-electron chi connectivity index (χ4n) is 1.14. The van der Waals surface area contributed by atoms with Gasteiger partial charge in [-0.15, -0.1) is 0 Å². The van der Waals surface area contributed by atoms with Crippen LogP contribution in [0.5, 0.6) is 5.75 Å². The first-order chi connectivity index (χ1) is 8.04. The number of methoxy groups -OCH3 is 1. The number of carboxylic acid groups (broad SMARTS) is 1. The number of nitrogens with zero attached hydrogens (tertiary/aromatic N) is 1. The lowest BCUT2D eigenvalue weighted by molar-refractivity contribution is -0.385. The molecule has 0 heterocycles. The number of carbonyl (C=O) groups is 1. The van der Waals surface area contributed by atoms with Crippen molar-refractivity contribution in [2.45, 2.75) is 6.10 Å². The maximum Gasteiger partial charge on any atom is 0.347 e. The number of non-ortho nitro benzene ring substituents is 1. The standard InChI is InChI=1S/C10H11NO6/c1-16-6-9(10(12)13)17-8-4-2-3-7(5-8)11(14)15/h2-5,9H,6H2,1H3,(H,12,13). The monoisotopic (exact) mass is 241 g/mol. The molecular formula is C10H11NO6. The Morgan fingerprint density at radius 2 is 2.29 bits per heavy atom. The number of nitro groups is 1. The van der Waals surface area contributed by atoms with Gasteiger partial charge in [0.15, 0.2) is 0 Å². The average Bonchev–Trinajstić information content (AvgIpc) is 2.28. The molecule has 7 nitrogen and oxygen atoms in total. The lowest BCUT2D eigenvalue weighted by Crippen LogP contribution is -2.31. The van der Waals surface area contributed by atoms with Crippen molar-refractivity contribution in [3.8, 4) is 5.75 Å². The zero-order chi connectivity index (χ0) is 12.8. The highest BCUT2D eigenvalue weighted by molar-refractivity contribution is 5.73. The predicted molar refractivity (Wildman–Crippen MR) is 57.0 cm³/mol. The van der Waals surface area contributed by atoms with Gasteiger partial charge in [0.2, 0.25) is 6.10 Å². The number of carboxylic acids is 1. The third-order valence-electron chi connectivity index (χ3n) is 1.90. The van der Waals surface area contributed by atoms with Crippen molar-refractivity contribution in [1.82, 2.24) is 0 Å². The molecule has 1 aromatic rings. The molecule has 1 aromatic carbocycles. The van der Waals surface area contributed by atoms with Gasteiger partial charge in [-0.2, -0.15) is 0 Å². The van der Waals surface area contributed by atoms with E-state index in [-0.39, 0.29) is 18.0 Å². The van der Waals surface area contributed by atoms with Crippen molar-refractivity contribution in [3.05, 3.63) is 34.4 Å². The van der Waals surface area contributed by atoms with E-state index >= 15 is 0 Å². The van der Waals surface area contributed by atoms with Gasteiger partial charge in [0.05, 0.1) is 17.6 Å². The Balaban J connectivity index is 2.82. The second-order valence-corrected chi connectivity index (χ2v) is 3.15. The highest BCUT2D eigenvalue weighted by Gasteiger charge is 2.20. The number of hydrogen-bond donors (Lipinski definition) is 1. The lowest BCUT2D eigenvalue weighted by Gasteiger charge is -2.13. The summed E-state index contributed by atoms with van der Waals surface area (Å²) in [5.74, 6) is -1.08. The van der Waals surface area contributed by atoms with E-state index in [9.17, 15) is 14.9 Å². The summed E-state index contributed by atoms with van der Waals surface area (Å²) in [6.07, 6.45) is -1.19. The minimum Gasteiger partial charge on any atom is -0.478 e. The van der Waals surface area contributed by atoms with Gasteiger partial charge in [-0.3, -0.25) is 10.1 Å². The molecular weight excluding hydrogens is 230 g/mol. The molecule has 1 unspecified atom stereocenters. The van der Waals surface area contributed by atoms with E-state index in [0.29, 0.717) is 0 Å². The van der Waals surface area contributed by atoms with Crippen molar-refractivity contribution < 1.29 is 24.3 Å². The second-order valence-electron chi connectivity index (χ2n) is 3.15. The Hall–Kier alpha value is -2.15. The van der Waals surface area contributed by atoms with Gasteiger partial charge in [-0.1, -0.05) is 6.07 Å². The SMILES string of the molecule is COCC(Oc1cccc([N+](=O)[O-])c1)C(=O)O. The quantitative estimate of drug-likeness (QED) is 0.590. The summed E-state index contributed by atoms with van der Waals surface area (Å²) in [6, 6.07) is 5.31. The molecule has 17 heavy (non-hydrogen) atoms. The van der Waals surface area contributed by atoms with Gasteiger partial charge >= 0.3 is 5.97 Å². The Morgan fingerprint density at radius 3 is 2.82 bits per heavy atom. The van der Waals surface area contributed by atoms with Crippen LogP contribution in [0.3, 0.4) is 0 Å². The molecule has 0 saturated heterocycles. The molecule has 0 aliphatic rings. The average molecular weight is 241 g/mol. The Labute approximate surface area is 96.7 Å². The minimum absolute atomic E-state index is 0.114. The molecule has 0 aliphatic carbocycles. The molecule has 1 N–H and O–H groups in total. The maximum absolute atomic E-state index is 10.8. The van der Waals surface area contributed by atoms with E-state index in [2.05, 4.69) is 4.74 Å². The van der Waals surface area contributed by atoms with Crippen LogP contribution in [0.1, 0.15) is 0 Å². The van der Waals surface area contributed by atoms with Crippen molar-refractivity contribution in [1.29, 1.82) is 0 Å². The largest absolute Gasteiger partial charge is 0.478 e. The molecule has 0 bridgehead atoms. The zero-order valence-corrected chi connectivity index (χ0v) is 9.03. The molecule has 0 radical (unpaired) electrons. The highest BCUT2D eigenvalue weighted by atomic mass is 16.6. The topological polar surface area (TPSA) is 98.9 Å². The van der Waals surface area contributed by atoms with Gasteiger partial charge in [0, 0.05) is 13.2 Å². The van der Waals surface area contributed by atoms with Crippen LogP contribution in [-0.2, 0) is 9.53 Å². The molecule has 0 aliphatic heterocycles. The van der Waals surface area contributed by atoms with E-state index in [4.69, 9.17) is 9.84 Å². The summed E-state index contributed by atoms with van der Waals surface area (Å²) >= 11 is 0. The lowest BCUT2D eigenvalue weighted by atomic mass is 10.3. The summed E-state index contributed by atoms with van der Waals surface area (Å²) in [7, 11) is 1.34. The van der Waals surface area contributed by atoms with Gasteiger partial charge in [-0.05, 0) is 6.07 Å². The first kappa shape index (κ1) is 12.9. The molecule has 7 heteroatoms. The predicted octanol–water partition coefficient (Wildman–Crippen LogP) is 1.07. The van der Waals surface area contributed by atoms with Crippen LogP contribution in [0.4, 0.5) is 5.69 Å². The van der Waals surface area contributed by atoms with Crippen LogP contribution in [0, 0.1) is 10.1 Å². The van der Waals surface area contributed by atoms with Crippen molar-refractivity contribution >= 4 is 11.7 Å². The smallest absolute Gasteiger partial charge is 0.347 e. The van der Waals surface area contributed by atoms with Gasteiger partial charge in [0.1, 0.15) is 5.75 Å². The molecule has 1 rings (SSSR count). The minimum atomic E-state index is -1.20. The van der Waals surface area contributed by atoms with Gasteiger partial charge in [-0.25, -0.2) is 4.79 Å². The normalized spacial score (nSPS) is 11.8. The molecule has 0 aromatic heterocycles. The summed E-state index contributed by atoms with van der Waals surface area (Å²) in [5, 5.41) is 19.3. The Kier molecular flexibility index (Phi) is 4.41.